The van der Waals surface area contributed by atoms with Gasteiger partial charge in [-0.1, -0.05) is 18.2 Å². The molecule has 0 unspecified atom stereocenters. The van der Waals surface area contributed by atoms with Crippen molar-refractivity contribution in [3.05, 3.63) is 66.7 Å². The fourth-order valence-corrected chi connectivity index (χ4v) is 2.96. The Morgan fingerprint density at radius 2 is 1.54 bits per heavy atom. The van der Waals surface area contributed by atoms with Gasteiger partial charge >= 0.3 is 0 Å². The molecule has 0 aliphatic carbocycles. The molecule has 3 aromatic heterocycles. The third-order valence-electron chi connectivity index (χ3n) is 4.17. The maximum absolute atomic E-state index is 13.1. The zero-order chi connectivity index (χ0) is 16.1. The van der Waals surface area contributed by atoms with Gasteiger partial charge in [-0.2, -0.15) is 0 Å². The number of aromatic nitrogens is 4. The van der Waals surface area contributed by atoms with E-state index in [-0.39, 0.29) is 5.82 Å². The van der Waals surface area contributed by atoms with Gasteiger partial charge in [0.15, 0.2) is 5.65 Å². The first kappa shape index (κ1) is 13.1. The molecule has 5 heteroatoms. The van der Waals surface area contributed by atoms with Crippen molar-refractivity contribution >= 4 is 33.0 Å². The van der Waals surface area contributed by atoms with E-state index in [2.05, 4.69) is 15.0 Å². The third-order valence-corrected chi connectivity index (χ3v) is 4.17. The van der Waals surface area contributed by atoms with E-state index in [1.54, 1.807) is 18.5 Å². The molecule has 4 nitrogen and oxygen atoms in total. The Labute approximate surface area is 136 Å². The van der Waals surface area contributed by atoms with Crippen molar-refractivity contribution in [2.45, 2.75) is 0 Å². The summed E-state index contributed by atoms with van der Waals surface area (Å²) in [6, 6.07) is 16.4. The van der Waals surface area contributed by atoms with Crippen molar-refractivity contribution in [1.82, 2.24) is 19.9 Å². The van der Waals surface area contributed by atoms with Crippen LogP contribution < -0.4 is 0 Å². The van der Waals surface area contributed by atoms with Crippen LogP contribution in [0.5, 0.6) is 0 Å². The van der Waals surface area contributed by atoms with E-state index in [1.165, 1.54) is 12.1 Å². The Balaban J connectivity index is 1.82. The lowest BCUT2D eigenvalue weighted by molar-refractivity contribution is 0.628. The van der Waals surface area contributed by atoms with Crippen LogP contribution in [0.4, 0.5) is 4.39 Å². The van der Waals surface area contributed by atoms with Gasteiger partial charge in [-0.3, -0.25) is 0 Å². The second-order valence-corrected chi connectivity index (χ2v) is 5.67. The van der Waals surface area contributed by atoms with E-state index in [4.69, 9.17) is 4.98 Å². The quantitative estimate of drug-likeness (QED) is 0.465. The van der Waals surface area contributed by atoms with Gasteiger partial charge < -0.3 is 4.98 Å². The molecular formula is C19H11FN4. The van der Waals surface area contributed by atoms with Gasteiger partial charge in [0.05, 0.1) is 28.6 Å². The summed E-state index contributed by atoms with van der Waals surface area (Å²) >= 11 is 0. The van der Waals surface area contributed by atoms with E-state index >= 15 is 0 Å². The Morgan fingerprint density at radius 1 is 0.792 bits per heavy atom. The monoisotopic (exact) mass is 314 g/mol. The summed E-state index contributed by atoms with van der Waals surface area (Å²) in [7, 11) is 0. The maximum atomic E-state index is 13.1. The molecular weight excluding hydrogens is 303 g/mol. The van der Waals surface area contributed by atoms with Gasteiger partial charge in [-0.15, -0.1) is 0 Å². The molecule has 0 aliphatic rings. The molecule has 2 aromatic carbocycles. The maximum Gasteiger partial charge on any atom is 0.178 e. The number of hydrogen-bond donors (Lipinski definition) is 1. The van der Waals surface area contributed by atoms with E-state index in [0.29, 0.717) is 5.65 Å². The van der Waals surface area contributed by atoms with Crippen LogP contribution in [0.1, 0.15) is 0 Å². The number of aromatic amines is 1. The van der Waals surface area contributed by atoms with E-state index in [1.807, 2.05) is 30.3 Å². The molecule has 0 atom stereocenters. The molecule has 0 fully saturated rings. The molecule has 0 amide bonds. The lowest BCUT2D eigenvalue weighted by Gasteiger charge is -2.06. The zero-order valence-electron chi connectivity index (χ0n) is 12.5. The Kier molecular flexibility index (Phi) is 2.64. The summed E-state index contributed by atoms with van der Waals surface area (Å²) in [6.45, 7) is 0. The number of nitrogens with one attached hydrogen (secondary N) is 1. The number of fused-ring (bicyclic) bond motifs is 4. The van der Waals surface area contributed by atoms with E-state index in [0.717, 1.165) is 38.6 Å². The lowest BCUT2D eigenvalue weighted by atomic mass is 10.1. The molecule has 1 N–H and O–H groups in total. The molecule has 0 bridgehead atoms. The highest BCUT2D eigenvalue weighted by Crippen LogP contribution is 2.27. The number of halogens is 1. The second-order valence-electron chi connectivity index (χ2n) is 5.67. The summed E-state index contributed by atoms with van der Waals surface area (Å²) in [5.74, 6) is -0.257. The van der Waals surface area contributed by atoms with Crippen LogP contribution in [0.2, 0.25) is 0 Å². The van der Waals surface area contributed by atoms with Gasteiger partial charge in [0.2, 0.25) is 0 Å². The van der Waals surface area contributed by atoms with Gasteiger partial charge in [0.1, 0.15) is 5.82 Å². The Bertz CT molecular complexity index is 1210. The minimum absolute atomic E-state index is 0.257. The minimum atomic E-state index is -0.257. The molecule has 0 saturated heterocycles. The smallest absolute Gasteiger partial charge is 0.178 e. The SMILES string of the molecule is Fc1ccc(-c2ccc3ccc4cc5[nH]cnc5nc4c3n2)cc1. The lowest BCUT2D eigenvalue weighted by Crippen LogP contribution is -1.90. The largest absolute Gasteiger partial charge is 0.343 e. The zero-order valence-corrected chi connectivity index (χ0v) is 12.5. The molecule has 0 aliphatic heterocycles. The fraction of sp³-hybridized carbons (Fsp3) is 0. The topological polar surface area (TPSA) is 54.5 Å². The summed E-state index contributed by atoms with van der Waals surface area (Å²) < 4.78 is 13.1. The normalized spacial score (nSPS) is 11.5. The van der Waals surface area contributed by atoms with Crippen molar-refractivity contribution in [1.29, 1.82) is 0 Å². The third kappa shape index (κ3) is 1.95. The number of benzene rings is 2. The van der Waals surface area contributed by atoms with Gasteiger partial charge in [0, 0.05) is 16.3 Å². The summed E-state index contributed by atoms with van der Waals surface area (Å²) in [6.07, 6.45) is 1.64. The van der Waals surface area contributed by atoms with E-state index in [9.17, 15) is 4.39 Å². The second kappa shape index (κ2) is 4.83. The van der Waals surface area contributed by atoms with Crippen LogP contribution in [-0.4, -0.2) is 19.9 Å². The predicted molar refractivity (Wildman–Crippen MR) is 92.1 cm³/mol. The van der Waals surface area contributed by atoms with Crippen LogP contribution in [0.15, 0.2) is 60.9 Å². The van der Waals surface area contributed by atoms with Crippen molar-refractivity contribution < 1.29 is 4.39 Å². The first-order valence-electron chi connectivity index (χ1n) is 7.57. The highest BCUT2D eigenvalue weighted by atomic mass is 19.1. The standard InChI is InChI=1S/C19H11FN4/c20-14-6-3-11(4-7-14)15-8-5-12-1-2-13-9-16-19(22-10-21-16)24-18(13)17(12)23-15/h1-10H,(H,21,22,24). The van der Waals surface area contributed by atoms with Crippen LogP contribution in [0, 0.1) is 5.82 Å². The number of imidazole rings is 1. The average Bonchev–Trinajstić information content (AvgIpc) is 3.07. The molecule has 0 spiro atoms. The Hall–Kier alpha value is -3.34. The molecule has 0 radical (unpaired) electrons. The summed E-state index contributed by atoms with van der Waals surface area (Å²) in [5, 5.41) is 2.01. The van der Waals surface area contributed by atoms with Gasteiger partial charge in [0.25, 0.3) is 0 Å². The summed E-state index contributed by atoms with van der Waals surface area (Å²) in [4.78, 5) is 16.7. The number of nitrogens with zero attached hydrogens (tertiary/aromatic N) is 3. The molecule has 24 heavy (non-hydrogen) atoms. The molecule has 3 heterocycles. The van der Waals surface area contributed by atoms with Gasteiger partial charge in [-0.25, -0.2) is 19.3 Å². The van der Waals surface area contributed by atoms with E-state index < -0.39 is 0 Å². The average molecular weight is 314 g/mol. The van der Waals surface area contributed by atoms with Crippen molar-refractivity contribution in [3.63, 3.8) is 0 Å². The molecule has 5 aromatic rings. The van der Waals surface area contributed by atoms with Crippen LogP contribution >= 0.6 is 0 Å². The first-order valence-corrected chi connectivity index (χ1v) is 7.57. The molecule has 114 valence electrons. The minimum Gasteiger partial charge on any atom is -0.343 e. The summed E-state index contributed by atoms with van der Waals surface area (Å²) in [5.41, 5.74) is 4.87. The molecule has 0 saturated carbocycles. The van der Waals surface area contributed by atoms with Crippen LogP contribution in [-0.2, 0) is 0 Å². The number of hydrogen-bond acceptors (Lipinski definition) is 3. The van der Waals surface area contributed by atoms with Crippen molar-refractivity contribution in [3.8, 4) is 11.3 Å². The highest BCUT2D eigenvalue weighted by Gasteiger charge is 2.09. The number of H-pyrrole nitrogens is 1. The number of rotatable bonds is 1. The highest BCUT2D eigenvalue weighted by molar-refractivity contribution is 6.06. The van der Waals surface area contributed by atoms with Crippen LogP contribution in [0.25, 0.3) is 44.2 Å². The van der Waals surface area contributed by atoms with Crippen molar-refractivity contribution in [2.75, 3.05) is 0 Å². The molecule has 5 rings (SSSR count). The van der Waals surface area contributed by atoms with Crippen molar-refractivity contribution in [2.24, 2.45) is 0 Å². The Morgan fingerprint density at radius 3 is 2.42 bits per heavy atom. The van der Waals surface area contributed by atoms with Gasteiger partial charge in [-0.05, 0) is 36.4 Å². The number of pyridine rings is 2. The first-order chi connectivity index (χ1) is 11.8. The predicted octanol–water partition coefficient (Wildman–Crippen LogP) is 4.47. The fourth-order valence-electron chi connectivity index (χ4n) is 2.96. The van der Waals surface area contributed by atoms with Crippen LogP contribution in [0.3, 0.4) is 0 Å².